The lowest BCUT2D eigenvalue weighted by molar-refractivity contribution is -0.121. The van der Waals surface area contributed by atoms with Crippen LogP contribution in [0.2, 0.25) is 0 Å². The van der Waals surface area contributed by atoms with Crippen molar-refractivity contribution in [2.75, 3.05) is 18.8 Å². The molecule has 0 spiro atoms. The molecule has 1 heterocycles. The summed E-state index contributed by atoms with van der Waals surface area (Å²) in [4.78, 5) is 16.2. The van der Waals surface area contributed by atoms with Crippen molar-refractivity contribution in [3.63, 3.8) is 0 Å². The van der Waals surface area contributed by atoms with Crippen molar-refractivity contribution in [2.45, 2.75) is 58.4 Å². The lowest BCUT2D eigenvalue weighted by Crippen LogP contribution is -2.35. The Hall–Kier alpha value is -0.710. The third kappa shape index (κ3) is 4.69. The summed E-state index contributed by atoms with van der Waals surface area (Å²) in [5.74, 6) is 1.36. The Morgan fingerprint density at radius 2 is 2.15 bits per heavy atom. The van der Waals surface area contributed by atoms with Crippen molar-refractivity contribution in [3.8, 4) is 0 Å². The molecule has 0 saturated heterocycles. The van der Waals surface area contributed by atoms with Gasteiger partial charge in [0.2, 0.25) is 5.91 Å². The van der Waals surface area contributed by atoms with Crippen LogP contribution in [0.5, 0.6) is 0 Å². The van der Waals surface area contributed by atoms with Gasteiger partial charge < -0.3 is 10.6 Å². The third-order valence-electron chi connectivity index (χ3n) is 4.37. The molecule has 20 heavy (non-hydrogen) atoms. The highest BCUT2D eigenvalue weighted by atomic mass is 32.2. The molecule has 0 unspecified atom stereocenters. The van der Waals surface area contributed by atoms with Crippen LogP contribution in [0.15, 0.2) is 4.99 Å². The highest BCUT2D eigenvalue weighted by molar-refractivity contribution is 8.13. The highest BCUT2D eigenvalue weighted by Gasteiger charge is 2.30. The smallest absolute Gasteiger partial charge is 0.220 e. The molecule has 0 aromatic rings. The summed E-state index contributed by atoms with van der Waals surface area (Å²) in [7, 11) is 0. The lowest BCUT2D eigenvalue weighted by atomic mass is 9.84. The first-order valence-electron chi connectivity index (χ1n) is 7.88. The van der Waals surface area contributed by atoms with E-state index in [1.54, 1.807) is 0 Å². The van der Waals surface area contributed by atoms with Gasteiger partial charge >= 0.3 is 0 Å². The summed E-state index contributed by atoms with van der Waals surface area (Å²) in [5.41, 5.74) is 0.403. The van der Waals surface area contributed by atoms with Gasteiger partial charge in [0.1, 0.15) is 0 Å². The molecule has 1 amide bonds. The van der Waals surface area contributed by atoms with E-state index in [0.29, 0.717) is 17.9 Å². The van der Waals surface area contributed by atoms with E-state index >= 15 is 0 Å². The number of amides is 1. The molecule has 0 aromatic heterocycles. The Labute approximate surface area is 126 Å². The summed E-state index contributed by atoms with van der Waals surface area (Å²) in [6.45, 7) is 6.31. The van der Waals surface area contributed by atoms with Crippen LogP contribution in [0, 0.1) is 5.41 Å². The Morgan fingerprint density at radius 3 is 2.70 bits per heavy atom. The van der Waals surface area contributed by atoms with Gasteiger partial charge in [0.15, 0.2) is 5.17 Å². The molecule has 2 N–H and O–H groups in total. The summed E-state index contributed by atoms with van der Waals surface area (Å²) >= 11 is 1.84. The number of amidine groups is 1. The molecule has 1 saturated carbocycles. The van der Waals surface area contributed by atoms with Gasteiger partial charge in [0.05, 0.1) is 0 Å². The molecule has 2 aliphatic rings. The summed E-state index contributed by atoms with van der Waals surface area (Å²) in [6, 6.07) is 0.477. The average Bonchev–Trinajstić information content (AvgIpc) is 3.28. The fraction of sp³-hybridized carbons (Fsp3) is 0.867. The molecular weight excluding hydrogens is 270 g/mol. The predicted octanol–water partition coefficient (Wildman–Crippen LogP) is 2.54. The Bertz CT molecular complexity index is 362. The van der Waals surface area contributed by atoms with E-state index in [1.807, 2.05) is 11.8 Å². The van der Waals surface area contributed by atoms with Crippen LogP contribution in [0.1, 0.15) is 52.4 Å². The normalized spacial score (nSPS) is 21.2. The van der Waals surface area contributed by atoms with Crippen molar-refractivity contribution in [2.24, 2.45) is 10.4 Å². The minimum atomic E-state index is 0.198. The molecule has 0 atom stereocenters. The van der Waals surface area contributed by atoms with Crippen LogP contribution >= 0.6 is 11.8 Å². The molecule has 1 aliphatic heterocycles. The first-order valence-corrected chi connectivity index (χ1v) is 8.86. The Balaban J connectivity index is 1.60. The number of carbonyl (C=O) groups excluding carboxylic acids is 1. The molecule has 0 aromatic carbocycles. The number of nitrogens with one attached hydrogen (secondary N) is 2. The van der Waals surface area contributed by atoms with Crippen LogP contribution in [-0.4, -0.2) is 36.0 Å². The minimum absolute atomic E-state index is 0.198. The Kier molecular flexibility index (Phi) is 5.75. The molecule has 5 heteroatoms. The van der Waals surface area contributed by atoms with E-state index < -0.39 is 0 Å². The van der Waals surface area contributed by atoms with Gasteiger partial charge in [-0.05, 0) is 37.5 Å². The molecular formula is C15H27N3OS. The number of rotatable bonds is 7. The maximum Gasteiger partial charge on any atom is 0.220 e. The quantitative estimate of drug-likeness (QED) is 0.710. The molecule has 114 valence electrons. The highest BCUT2D eigenvalue weighted by Crippen LogP contribution is 2.34. The van der Waals surface area contributed by atoms with Gasteiger partial charge in [-0.1, -0.05) is 25.6 Å². The van der Waals surface area contributed by atoms with Gasteiger partial charge in [0.25, 0.3) is 0 Å². The van der Waals surface area contributed by atoms with Crippen LogP contribution in [0.25, 0.3) is 0 Å². The first-order chi connectivity index (χ1) is 9.67. The first kappa shape index (κ1) is 15.7. The van der Waals surface area contributed by atoms with E-state index in [0.717, 1.165) is 43.3 Å². The molecule has 1 fully saturated rings. The summed E-state index contributed by atoms with van der Waals surface area (Å²) in [5, 5.41) is 7.44. The Morgan fingerprint density at radius 1 is 1.40 bits per heavy atom. The minimum Gasteiger partial charge on any atom is -0.365 e. The third-order valence-corrected chi connectivity index (χ3v) is 5.68. The second kappa shape index (κ2) is 7.34. The van der Waals surface area contributed by atoms with Gasteiger partial charge in [-0.3, -0.25) is 9.79 Å². The van der Waals surface area contributed by atoms with E-state index in [2.05, 4.69) is 29.5 Å². The number of hydrogen-bond donors (Lipinski definition) is 2. The van der Waals surface area contributed by atoms with Crippen molar-refractivity contribution >= 4 is 22.8 Å². The number of nitrogens with zero attached hydrogens (tertiary/aromatic N) is 1. The number of hydrogen-bond acceptors (Lipinski definition) is 4. The fourth-order valence-corrected chi connectivity index (χ4v) is 3.61. The molecule has 1 aliphatic carbocycles. The molecule has 0 bridgehead atoms. The van der Waals surface area contributed by atoms with E-state index in [4.69, 9.17) is 0 Å². The van der Waals surface area contributed by atoms with E-state index in [1.165, 1.54) is 12.8 Å². The average molecular weight is 297 g/mol. The van der Waals surface area contributed by atoms with E-state index in [9.17, 15) is 4.79 Å². The maximum absolute atomic E-state index is 11.5. The maximum atomic E-state index is 11.5. The topological polar surface area (TPSA) is 53.5 Å². The number of aliphatic imine (C=N–C) groups is 1. The summed E-state index contributed by atoms with van der Waals surface area (Å²) < 4.78 is 0. The van der Waals surface area contributed by atoms with E-state index in [-0.39, 0.29) is 5.91 Å². The van der Waals surface area contributed by atoms with Crippen LogP contribution in [0.3, 0.4) is 0 Å². The second-order valence-corrected chi connectivity index (χ2v) is 6.95. The van der Waals surface area contributed by atoms with Gasteiger partial charge in [-0.2, -0.15) is 0 Å². The van der Waals surface area contributed by atoms with Gasteiger partial charge in [-0.15, -0.1) is 0 Å². The SMILES string of the molecule is CCC1(CC)CN=C(NCCCC(=O)NC2CC2)SC1. The number of carbonyl (C=O) groups is 1. The van der Waals surface area contributed by atoms with Crippen molar-refractivity contribution in [1.29, 1.82) is 0 Å². The summed E-state index contributed by atoms with van der Waals surface area (Å²) in [6.07, 6.45) is 6.23. The largest absolute Gasteiger partial charge is 0.365 e. The number of thioether (sulfide) groups is 1. The molecule has 0 radical (unpaired) electrons. The fourth-order valence-electron chi connectivity index (χ4n) is 2.31. The van der Waals surface area contributed by atoms with Crippen LogP contribution in [0.4, 0.5) is 0 Å². The van der Waals surface area contributed by atoms with Crippen molar-refractivity contribution < 1.29 is 4.79 Å². The zero-order valence-corrected chi connectivity index (χ0v) is 13.5. The van der Waals surface area contributed by atoms with Crippen molar-refractivity contribution in [1.82, 2.24) is 10.6 Å². The van der Waals surface area contributed by atoms with Crippen LogP contribution in [-0.2, 0) is 4.79 Å². The lowest BCUT2D eigenvalue weighted by Gasteiger charge is -2.33. The zero-order valence-electron chi connectivity index (χ0n) is 12.7. The second-order valence-electron chi connectivity index (χ2n) is 5.99. The van der Waals surface area contributed by atoms with Gasteiger partial charge in [-0.25, -0.2) is 0 Å². The molecule has 4 nitrogen and oxygen atoms in total. The predicted molar refractivity (Wildman–Crippen MR) is 86.2 cm³/mol. The standard InChI is InChI=1S/C15H27N3OS/c1-3-15(4-2)10-17-14(20-11-15)16-9-5-6-13(19)18-12-7-8-12/h12H,3-11H2,1-2H3,(H,16,17)(H,18,19). The van der Waals surface area contributed by atoms with Crippen molar-refractivity contribution in [3.05, 3.63) is 0 Å². The zero-order chi connectivity index (χ0) is 14.4. The van der Waals surface area contributed by atoms with Gasteiger partial charge in [0, 0.05) is 31.3 Å². The monoisotopic (exact) mass is 297 g/mol. The van der Waals surface area contributed by atoms with Crippen LogP contribution < -0.4 is 10.6 Å². The molecule has 2 rings (SSSR count).